The summed E-state index contributed by atoms with van der Waals surface area (Å²) in [6.45, 7) is 6.28. The van der Waals surface area contributed by atoms with E-state index in [9.17, 15) is 0 Å². The molecule has 0 aliphatic carbocycles. The maximum absolute atomic E-state index is 6.24. The topological polar surface area (TPSA) is 29.3 Å². The zero-order valence-electron chi connectivity index (χ0n) is 11.7. The molecule has 0 unspecified atom stereocenters. The molecule has 0 fully saturated rings. The first-order valence-electron chi connectivity index (χ1n) is 6.88. The normalized spacial score (nSPS) is 12.4. The van der Waals surface area contributed by atoms with Crippen LogP contribution in [0.25, 0.3) is 0 Å². The van der Waals surface area contributed by atoms with Gasteiger partial charge in [0.2, 0.25) is 0 Å². The molecule has 1 aromatic heterocycles. The van der Waals surface area contributed by atoms with Crippen molar-refractivity contribution >= 4 is 17.0 Å². The first kappa shape index (κ1) is 14.1. The highest BCUT2D eigenvalue weighted by Gasteiger charge is 2.14. The van der Waals surface area contributed by atoms with Gasteiger partial charge in [-0.05, 0) is 36.4 Å². The standard InChI is InChI=1S/C16H22N2S/c1-3-15(17)14-9-5-6-10-16(14)18(4-2)12-13-8-7-11-19-13/h5-11,15H,3-4,12,17H2,1-2H3/t15-/m0/s1. The Labute approximate surface area is 119 Å². The number of rotatable bonds is 6. The van der Waals surface area contributed by atoms with Crippen molar-refractivity contribution in [2.75, 3.05) is 11.4 Å². The van der Waals surface area contributed by atoms with E-state index in [1.165, 1.54) is 16.1 Å². The number of benzene rings is 1. The lowest BCUT2D eigenvalue weighted by Crippen LogP contribution is -2.24. The Morgan fingerprint density at radius 2 is 1.95 bits per heavy atom. The highest BCUT2D eigenvalue weighted by atomic mass is 32.1. The van der Waals surface area contributed by atoms with E-state index in [4.69, 9.17) is 5.73 Å². The third-order valence-electron chi connectivity index (χ3n) is 3.43. The predicted molar refractivity (Wildman–Crippen MR) is 84.7 cm³/mol. The fourth-order valence-electron chi connectivity index (χ4n) is 2.27. The summed E-state index contributed by atoms with van der Waals surface area (Å²) in [5.41, 5.74) is 8.76. The maximum atomic E-state index is 6.24. The zero-order valence-corrected chi connectivity index (χ0v) is 12.5. The van der Waals surface area contributed by atoms with E-state index in [2.05, 4.69) is 60.5 Å². The first-order chi connectivity index (χ1) is 9.26. The fraction of sp³-hybridized carbons (Fsp3) is 0.375. The van der Waals surface area contributed by atoms with Crippen molar-refractivity contribution in [2.24, 2.45) is 5.73 Å². The summed E-state index contributed by atoms with van der Waals surface area (Å²) in [7, 11) is 0. The number of hydrogen-bond acceptors (Lipinski definition) is 3. The van der Waals surface area contributed by atoms with Crippen molar-refractivity contribution in [1.82, 2.24) is 0 Å². The van der Waals surface area contributed by atoms with Crippen LogP contribution in [0.5, 0.6) is 0 Å². The van der Waals surface area contributed by atoms with Gasteiger partial charge in [-0.15, -0.1) is 11.3 Å². The predicted octanol–water partition coefficient (Wildman–Crippen LogP) is 4.18. The molecule has 0 aliphatic rings. The third kappa shape index (κ3) is 3.37. The van der Waals surface area contributed by atoms with Gasteiger partial charge >= 0.3 is 0 Å². The number of hydrogen-bond donors (Lipinski definition) is 1. The Balaban J connectivity index is 2.27. The van der Waals surface area contributed by atoms with Gasteiger partial charge in [-0.2, -0.15) is 0 Å². The van der Waals surface area contributed by atoms with Crippen LogP contribution < -0.4 is 10.6 Å². The van der Waals surface area contributed by atoms with Crippen molar-refractivity contribution in [2.45, 2.75) is 32.9 Å². The SMILES string of the molecule is CC[C@H](N)c1ccccc1N(CC)Cc1cccs1. The van der Waals surface area contributed by atoms with Crippen LogP contribution in [0.3, 0.4) is 0 Å². The van der Waals surface area contributed by atoms with Gasteiger partial charge < -0.3 is 10.6 Å². The summed E-state index contributed by atoms with van der Waals surface area (Å²) in [4.78, 5) is 3.79. The summed E-state index contributed by atoms with van der Waals surface area (Å²) in [5.74, 6) is 0. The Bertz CT molecular complexity index is 493. The summed E-state index contributed by atoms with van der Waals surface area (Å²) in [5, 5.41) is 2.13. The van der Waals surface area contributed by atoms with Crippen LogP contribution in [0.2, 0.25) is 0 Å². The number of nitrogens with zero attached hydrogens (tertiary/aromatic N) is 1. The quantitative estimate of drug-likeness (QED) is 0.856. The molecule has 0 radical (unpaired) electrons. The van der Waals surface area contributed by atoms with E-state index < -0.39 is 0 Å². The van der Waals surface area contributed by atoms with Crippen LogP contribution in [0.1, 0.15) is 36.8 Å². The van der Waals surface area contributed by atoms with Gasteiger partial charge in [-0.1, -0.05) is 31.2 Å². The van der Waals surface area contributed by atoms with E-state index in [1.807, 2.05) is 11.3 Å². The van der Waals surface area contributed by atoms with Gasteiger partial charge in [0.05, 0.1) is 6.54 Å². The van der Waals surface area contributed by atoms with Gasteiger partial charge in [0, 0.05) is 23.2 Å². The van der Waals surface area contributed by atoms with Gasteiger partial charge in [0.25, 0.3) is 0 Å². The van der Waals surface area contributed by atoms with Crippen LogP contribution in [0.15, 0.2) is 41.8 Å². The molecular weight excluding hydrogens is 252 g/mol. The van der Waals surface area contributed by atoms with Crippen molar-refractivity contribution < 1.29 is 0 Å². The summed E-state index contributed by atoms with van der Waals surface area (Å²) >= 11 is 1.81. The number of anilines is 1. The fourth-order valence-corrected chi connectivity index (χ4v) is 2.99. The molecule has 0 spiro atoms. The van der Waals surface area contributed by atoms with Crippen LogP contribution in [0, 0.1) is 0 Å². The molecule has 0 saturated carbocycles. The molecule has 2 aromatic rings. The highest BCUT2D eigenvalue weighted by molar-refractivity contribution is 7.09. The molecule has 1 aromatic carbocycles. The Hall–Kier alpha value is -1.32. The van der Waals surface area contributed by atoms with E-state index >= 15 is 0 Å². The van der Waals surface area contributed by atoms with E-state index in [0.717, 1.165) is 19.5 Å². The lowest BCUT2D eigenvalue weighted by Gasteiger charge is -2.27. The minimum atomic E-state index is 0.119. The Morgan fingerprint density at radius 1 is 1.16 bits per heavy atom. The molecule has 0 amide bonds. The lowest BCUT2D eigenvalue weighted by atomic mass is 10.0. The molecule has 2 N–H and O–H groups in total. The van der Waals surface area contributed by atoms with Crippen molar-refractivity contribution in [1.29, 1.82) is 0 Å². The summed E-state index contributed by atoms with van der Waals surface area (Å²) in [6, 6.07) is 12.9. The molecule has 0 saturated heterocycles. The van der Waals surface area contributed by atoms with Crippen molar-refractivity contribution in [3.05, 3.63) is 52.2 Å². The number of nitrogens with two attached hydrogens (primary N) is 1. The Morgan fingerprint density at radius 3 is 2.58 bits per heavy atom. The Kier molecular flexibility index (Phi) is 5.00. The largest absolute Gasteiger partial charge is 0.366 e. The van der Waals surface area contributed by atoms with Crippen molar-refractivity contribution in [3.8, 4) is 0 Å². The summed E-state index contributed by atoms with van der Waals surface area (Å²) < 4.78 is 0. The molecule has 2 nitrogen and oxygen atoms in total. The second-order valence-corrected chi connectivity index (χ2v) is 5.70. The average Bonchev–Trinajstić information content (AvgIpc) is 2.97. The first-order valence-corrected chi connectivity index (χ1v) is 7.76. The van der Waals surface area contributed by atoms with Crippen LogP contribution in [-0.4, -0.2) is 6.54 Å². The second kappa shape index (κ2) is 6.73. The van der Waals surface area contributed by atoms with Gasteiger partial charge in [-0.3, -0.25) is 0 Å². The number of thiophene rings is 1. The lowest BCUT2D eigenvalue weighted by molar-refractivity contribution is 0.690. The van der Waals surface area contributed by atoms with Crippen LogP contribution >= 0.6 is 11.3 Å². The van der Waals surface area contributed by atoms with E-state index in [-0.39, 0.29) is 6.04 Å². The smallest absolute Gasteiger partial charge is 0.0522 e. The summed E-state index contributed by atoms with van der Waals surface area (Å²) in [6.07, 6.45) is 0.966. The molecule has 102 valence electrons. The molecule has 2 rings (SSSR count). The zero-order chi connectivity index (χ0) is 13.7. The minimum absolute atomic E-state index is 0.119. The second-order valence-electron chi connectivity index (χ2n) is 4.67. The minimum Gasteiger partial charge on any atom is -0.366 e. The highest BCUT2D eigenvalue weighted by Crippen LogP contribution is 2.28. The van der Waals surface area contributed by atoms with Crippen LogP contribution in [-0.2, 0) is 6.54 Å². The molecule has 0 aliphatic heterocycles. The molecular formula is C16H22N2S. The van der Waals surface area contributed by atoms with Crippen molar-refractivity contribution in [3.63, 3.8) is 0 Å². The maximum Gasteiger partial charge on any atom is 0.0522 e. The van der Waals surface area contributed by atoms with Crippen LogP contribution in [0.4, 0.5) is 5.69 Å². The van der Waals surface area contributed by atoms with Gasteiger partial charge in [-0.25, -0.2) is 0 Å². The average molecular weight is 274 g/mol. The molecule has 3 heteroatoms. The monoisotopic (exact) mass is 274 g/mol. The number of para-hydroxylation sites is 1. The molecule has 1 atom stereocenters. The molecule has 1 heterocycles. The van der Waals surface area contributed by atoms with E-state index in [1.54, 1.807) is 0 Å². The van der Waals surface area contributed by atoms with Gasteiger partial charge in [0.15, 0.2) is 0 Å². The molecule has 0 bridgehead atoms. The molecule has 19 heavy (non-hydrogen) atoms. The van der Waals surface area contributed by atoms with E-state index in [0.29, 0.717) is 0 Å². The van der Waals surface area contributed by atoms with Gasteiger partial charge in [0.1, 0.15) is 0 Å². The third-order valence-corrected chi connectivity index (χ3v) is 4.29.